The lowest BCUT2D eigenvalue weighted by atomic mass is 10.3. The van der Waals surface area contributed by atoms with E-state index in [1.807, 2.05) is 12.3 Å². The van der Waals surface area contributed by atoms with Gasteiger partial charge in [-0.2, -0.15) is 0 Å². The normalized spacial score (nSPS) is 10.6. The Morgan fingerprint density at radius 3 is 3.18 bits per heavy atom. The molecule has 0 atom stereocenters. The Morgan fingerprint density at radius 1 is 1.82 bits per heavy atom. The molecule has 1 aromatic heterocycles. The number of rotatable bonds is 3. The molecule has 1 aromatic rings. The largest absolute Gasteiger partial charge is 0.295 e. The molecule has 0 radical (unpaired) electrons. The van der Waals surface area contributed by atoms with Crippen LogP contribution in [0.3, 0.4) is 0 Å². The van der Waals surface area contributed by atoms with Crippen molar-refractivity contribution in [2.75, 3.05) is 0 Å². The van der Waals surface area contributed by atoms with Gasteiger partial charge in [0.25, 0.3) is 0 Å². The van der Waals surface area contributed by atoms with Gasteiger partial charge in [-0.05, 0) is 12.2 Å². The predicted molar refractivity (Wildman–Crippen MR) is 46.4 cm³/mol. The molecular weight excluding hydrogens is 158 g/mol. The van der Waals surface area contributed by atoms with Gasteiger partial charge in [-0.1, -0.05) is 6.92 Å². The minimum Gasteiger partial charge on any atom is -0.295 e. The molecule has 58 valence electrons. The van der Waals surface area contributed by atoms with Crippen LogP contribution >= 0.6 is 11.3 Å². The van der Waals surface area contributed by atoms with E-state index in [0.29, 0.717) is 6.42 Å². The van der Waals surface area contributed by atoms with E-state index in [1.54, 1.807) is 18.3 Å². The fraction of sp³-hybridized carbons (Fsp3) is 0.250. The molecule has 0 fully saturated rings. The number of ketones is 1. The van der Waals surface area contributed by atoms with Crippen LogP contribution in [0.4, 0.5) is 0 Å². The molecule has 11 heavy (non-hydrogen) atoms. The molecule has 0 aliphatic rings. The molecule has 0 spiro atoms. The van der Waals surface area contributed by atoms with Gasteiger partial charge in [-0.3, -0.25) is 4.79 Å². The van der Waals surface area contributed by atoms with Crippen LogP contribution in [0.2, 0.25) is 0 Å². The summed E-state index contributed by atoms with van der Waals surface area (Å²) in [6, 6.07) is 0. The zero-order valence-corrected chi connectivity index (χ0v) is 7.10. The second-order valence-corrected chi connectivity index (χ2v) is 2.95. The lowest BCUT2D eigenvalue weighted by Crippen LogP contribution is -1.86. The highest BCUT2D eigenvalue weighted by atomic mass is 32.1. The van der Waals surface area contributed by atoms with E-state index in [-0.39, 0.29) is 5.78 Å². The summed E-state index contributed by atoms with van der Waals surface area (Å²) in [5.74, 6) is 0.139. The van der Waals surface area contributed by atoms with Gasteiger partial charge in [0, 0.05) is 18.0 Å². The number of hydrogen-bond donors (Lipinski definition) is 0. The SMILES string of the molecule is CCC(=O)/C=C/c1nccs1. The van der Waals surface area contributed by atoms with Crippen LogP contribution in [0, 0.1) is 0 Å². The highest BCUT2D eigenvalue weighted by Crippen LogP contribution is 2.05. The number of allylic oxidation sites excluding steroid dienone is 1. The topological polar surface area (TPSA) is 30.0 Å². The van der Waals surface area contributed by atoms with E-state index in [9.17, 15) is 4.79 Å². The molecule has 1 rings (SSSR count). The molecule has 0 bridgehead atoms. The molecule has 3 heteroatoms. The molecule has 1 heterocycles. The zero-order chi connectivity index (χ0) is 8.10. The highest BCUT2D eigenvalue weighted by Gasteiger charge is 1.91. The summed E-state index contributed by atoms with van der Waals surface area (Å²) in [6.07, 6.45) is 5.60. The average molecular weight is 167 g/mol. The van der Waals surface area contributed by atoms with E-state index in [2.05, 4.69) is 4.98 Å². The summed E-state index contributed by atoms with van der Waals surface area (Å²) < 4.78 is 0. The van der Waals surface area contributed by atoms with Crippen molar-refractivity contribution in [1.29, 1.82) is 0 Å². The fourth-order valence-electron chi connectivity index (χ4n) is 0.599. The Kier molecular flexibility index (Phi) is 2.98. The highest BCUT2D eigenvalue weighted by molar-refractivity contribution is 7.10. The van der Waals surface area contributed by atoms with E-state index < -0.39 is 0 Å². The molecular formula is C8H9NOS. The third-order valence-electron chi connectivity index (χ3n) is 1.21. The standard InChI is InChI=1S/C8H9NOS/c1-2-7(10)3-4-8-9-5-6-11-8/h3-6H,2H2,1H3/b4-3+. The van der Waals surface area contributed by atoms with Crippen molar-refractivity contribution in [2.45, 2.75) is 13.3 Å². The Hall–Kier alpha value is -0.960. The predicted octanol–water partition coefficient (Wildman–Crippen LogP) is 2.14. The van der Waals surface area contributed by atoms with Crippen LogP contribution in [0.15, 0.2) is 17.7 Å². The van der Waals surface area contributed by atoms with Crippen LogP contribution < -0.4 is 0 Å². The first kappa shape index (κ1) is 8.14. The van der Waals surface area contributed by atoms with E-state index >= 15 is 0 Å². The van der Waals surface area contributed by atoms with E-state index in [0.717, 1.165) is 5.01 Å². The molecule has 0 saturated heterocycles. The van der Waals surface area contributed by atoms with Gasteiger partial charge >= 0.3 is 0 Å². The maximum Gasteiger partial charge on any atom is 0.155 e. The summed E-state index contributed by atoms with van der Waals surface area (Å²) in [5, 5.41) is 2.77. The van der Waals surface area contributed by atoms with Crippen molar-refractivity contribution >= 4 is 23.2 Å². The molecule has 0 saturated carbocycles. The number of thiazole rings is 1. The number of hydrogen-bond acceptors (Lipinski definition) is 3. The molecule has 0 unspecified atom stereocenters. The van der Waals surface area contributed by atoms with E-state index in [4.69, 9.17) is 0 Å². The number of carbonyl (C=O) groups excluding carboxylic acids is 1. The summed E-state index contributed by atoms with van der Waals surface area (Å²) in [6.45, 7) is 1.84. The Morgan fingerprint density at radius 2 is 2.64 bits per heavy atom. The van der Waals surface area contributed by atoms with E-state index in [1.165, 1.54) is 11.3 Å². The Balaban J connectivity index is 2.55. The van der Waals surface area contributed by atoms with Crippen LogP contribution in [-0.4, -0.2) is 10.8 Å². The second-order valence-electron chi connectivity index (χ2n) is 2.02. The van der Waals surface area contributed by atoms with Crippen molar-refractivity contribution < 1.29 is 4.79 Å². The number of aromatic nitrogens is 1. The van der Waals surface area contributed by atoms with Crippen molar-refractivity contribution in [3.8, 4) is 0 Å². The maximum absolute atomic E-state index is 10.8. The quantitative estimate of drug-likeness (QED) is 0.645. The molecule has 2 nitrogen and oxygen atoms in total. The van der Waals surface area contributed by atoms with Crippen molar-refractivity contribution in [3.05, 3.63) is 22.7 Å². The fourth-order valence-corrected chi connectivity index (χ4v) is 1.13. The van der Waals surface area contributed by atoms with Crippen LogP contribution in [0.5, 0.6) is 0 Å². The third-order valence-corrected chi connectivity index (χ3v) is 1.95. The number of carbonyl (C=O) groups is 1. The van der Waals surface area contributed by atoms with Crippen LogP contribution in [-0.2, 0) is 4.79 Å². The molecule has 0 aliphatic carbocycles. The molecule has 0 amide bonds. The van der Waals surface area contributed by atoms with Gasteiger partial charge in [0.15, 0.2) is 5.78 Å². The van der Waals surface area contributed by atoms with Crippen LogP contribution in [0.25, 0.3) is 6.08 Å². The lowest BCUT2D eigenvalue weighted by Gasteiger charge is -1.82. The third kappa shape index (κ3) is 2.63. The summed E-state index contributed by atoms with van der Waals surface area (Å²) in [5.41, 5.74) is 0. The molecule has 0 aromatic carbocycles. The van der Waals surface area contributed by atoms with Gasteiger partial charge in [0.05, 0.1) is 0 Å². The number of nitrogens with zero attached hydrogens (tertiary/aromatic N) is 1. The first-order valence-corrected chi connectivity index (χ1v) is 4.31. The maximum atomic E-state index is 10.8. The molecule has 0 N–H and O–H groups in total. The van der Waals surface area contributed by atoms with Crippen LogP contribution in [0.1, 0.15) is 18.4 Å². The van der Waals surface area contributed by atoms with Gasteiger partial charge in [-0.25, -0.2) is 4.98 Å². The van der Waals surface area contributed by atoms with Gasteiger partial charge < -0.3 is 0 Å². The van der Waals surface area contributed by atoms with Crippen molar-refractivity contribution in [3.63, 3.8) is 0 Å². The Bertz CT molecular complexity index is 251. The van der Waals surface area contributed by atoms with Gasteiger partial charge in [0.1, 0.15) is 5.01 Å². The zero-order valence-electron chi connectivity index (χ0n) is 6.28. The first-order valence-electron chi connectivity index (χ1n) is 3.43. The summed E-state index contributed by atoms with van der Waals surface area (Å²) in [7, 11) is 0. The van der Waals surface area contributed by atoms with Crippen molar-refractivity contribution in [1.82, 2.24) is 4.98 Å². The van der Waals surface area contributed by atoms with Gasteiger partial charge in [0.2, 0.25) is 0 Å². The minimum atomic E-state index is 0.139. The summed E-state index contributed by atoms with van der Waals surface area (Å²) >= 11 is 1.53. The smallest absolute Gasteiger partial charge is 0.155 e. The van der Waals surface area contributed by atoms with Gasteiger partial charge in [-0.15, -0.1) is 11.3 Å². The summed E-state index contributed by atoms with van der Waals surface area (Å²) in [4.78, 5) is 14.8. The van der Waals surface area contributed by atoms with Crippen molar-refractivity contribution in [2.24, 2.45) is 0 Å². The lowest BCUT2D eigenvalue weighted by molar-refractivity contribution is -0.114. The second kappa shape index (κ2) is 4.03. The Labute approximate surface area is 69.6 Å². The molecule has 0 aliphatic heterocycles. The monoisotopic (exact) mass is 167 g/mol. The average Bonchev–Trinajstić information content (AvgIpc) is 2.52. The first-order chi connectivity index (χ1) is 5.33. The minimum absolute atomic E-state index is 0.139.